The van der Waals surface area contributed by atoms with Crippen LogP contribution in [-0.2, 0) is 16.0 Å². The van der Waals surface area contributed by atoms with Crippen LogP contribution in [0.5, 0.6) is 0 Å². The molecule has 2 aromatic rings. The molecule has 0 saturated carbocycles. The highest BCUT2D eigenvalue weighted by molar-refractivity contribution is 6.30. The maximum Gasteiger partial charge on any atom is 0.422 e. The number of carbonyl (C=O) groups excluding carboxylic acids is 2. The topological polar surface area (TPSA) is 90.0 Å². The first-order valence-electron chi connectivity index (χ1n) is 9.93. The third-order valence-corrected chi connectivity index (χ3v) is 5.58. The minimum atomic E-state index is -1.43. The molecule has 32 heavy (non-hydrogen) atoms. The summed E-state index contributed by atoms with van der Waals surface area (Å²) < 4.78 is 28.3. The van der Waals surface area contributed by atoms with Crippen molar-refractivity contribution in [3.8, 4) is 0 Å². The SMILES string of the molecule is CC(C)[C@@H](C=O)N(C(=O)O)N1CCc2cc(Cl)ccc2C1C(=O)Nc1c(F)cccc1F. The second-order valence-corrected chi connectivity index (χ2v) is 8.18. The molecule has 1 heterocycles. The molecule has 0 radical (unpaired) electrons. The lowest BCUT2D eigenvalue weighted by Crippen LogP contribution is -2.59. The number of nitrogens with zero attached hydrogens (tertiary/aromatic N) is 2. The first-order chi connectivity index (χ1) is 15.1. The van der Waals surface area contributed by atoms with E-state index in [2.05, 4.69) is 5.32 Å². The molecule has 0 spiro atoms. The fourth-order valence-corrected chi connectivity index (χ4v) is 4.00. The second-order valence-electron chi connectivity index (χ2n) is 7.74. The lowest BCUT2D eigenvalue weighted by molar-refractivity contribution is -0.140. The van der Waals surface area contributed by atoms with Crippen molar-refractivity contribution in [3.63, 3.8) is 0 Å². The first kappa shape index (κ1) is 23.6. The van der Waals surface area contributed by atoms with E-state index in [0.29, 0.717) is 28.9 Å². The van der Waals surface area contributed by atoms with Crippen LogP contribution in [0.3, 0.4) is 0 Å². The summed E-state index contributed by atoms with van der Waals surface area (Å²) in [5, 5.41) is 14.6. The number of fused-ring (bicyclic) bond motifs is 1. The van der Waals surface area contributed by atoms with Crippen LogP contribution < -0.4 is 5.32 Å². The molecule has 0 saturated heterocycles. The van der Waals surface area contributed by atoms with Gasteiger partial charge >= 0.3 is 6.09 Å². The van der Waals surface area contributed by atoms with Crippen molar-refractivity contribution >= 4 is 35.6 Å². The highest BCUT2D eigenvalue weighted by atomic mass is 35.5. The molecule has 1 aliphatic rings. The Morgan fingerprint density at radius 2 is 1.91 bits per heavy atom. The van der Waals surface area contributed by atoms with Crippen molar-refractivity contribution in [2.45, 2.75) is 32.4 Å². The average Bonchev–Trinajstić information content (AvgIpc) is 2.73. The number of rotatable bonds is 6. The zero-order valence-electron chi connectivity index (χ0n) is 17.4. The van der Waals surface area contributed by atoms with E-state index in [1.54, 1.807) is 32.0 Å². The van der Waals surface area contributed by atoms with Gasteiger partial charge in [0.05, 0.1) is 0 Å². The van der Waals surface area contributed by atoms with Crippen molar-refractivity contribution in [3.05, 3.63) is 64.2 Å². The zero-order valence-corrected chi connectivity index (χ0v) is 18.1. The Balaban J connectivity index is 2.10. The highest BCUT2D eigenvalue weighted by Crippen LogP contribution is 2.35. The molecule has 170 valence electrons. The number of hydrogen-bond donors (Lipinski definition) is 2. The molecule has 0 aromatic heterocycles. The monoisotopic (exact) mass is 465 g/mol. The highest BCUT2D eigenvalue weighted by Gasteiger charge is 2.42. The van der Waals surface area contributed by atoms with E-state index in [4.69, 9.17) is 11.6 Å². The van der Waals surface area contributed by atoms with Gasteiger partial charge < -0.3 is 15.2 Å². The van der Waals surface area contributed by atoms with Crippen LogP contribution in [0.4, 0.5) is 19.3 Å². The van der Waals surface area contributed by atoms with Crippen molar-refractivity contribution in [2.24, 2.45) is 5.92 Å². The number of hydrogen-bond acceptors (Lipinski definition) is 4. The Hall–Kier alpha value is -3.04. The zero-order chi connectivity index (χ0) is 23.6. The summed E-state index contributed by atoms with van der Waals surface area (Å²) in [5.41, 5.74) is 0.478. The van der Waals surface area contributed by atoms with Gasteiger partial charge in [-0.1, -0.05) is 37.6 Å². The van der Waals surface area contributed by atoms with E-state index in [1.807, 2.05) is 0 Å². The van der Waals surface area contributed by atoms with Crippen LogP contribution in [0.15, 0.2) is 36.4 Å². The van der Waals surface area contributed by atoms with Crippen molar-refractivity contribution in [2.75, 3.05) is 11.9 Å². The normalized spacial score (nSPS) is 16.9. The van der Waals surface area contributed by atoms with E-state index < -0.39 is 41.4 Å². The van der Waals surface area contributed by atoms with Crippen LogP contribution in [0.1, 0.15) is 31.0 Å². The lowest BCUT2D eigenvalue weighted by Gasteiger charge is -2.44. The summed E-state index contributed by atoms with van der Waals surface area (Å²) in [5.74, 6) is -3.18. The van der Waals surface area contributed by atoms with Crippen molar-refractivity contribution in [1.82, 2.24) is 10.0 Å². The summed E-state index contributed by atoms with van der Waals surface area (Å²) in [6, 6.07) is 5.58. The molecule has 3 rings (SSSR count). The number of anilines is 1. The van der Waals surface area contributed by atoms with Gasteiger partial charge in [0.15, 0.2) is 0 Å². The maximum atomic E-state index is 14.2. The maximum absolute atomic E-state index is 14.2. The number of carbonyl (C=O) groups is 3. The van der Waals surface area contributed by atoms with E-state index in [0.717, 1.165) is 23.2 Å². The van der Waals surface area contributed by atoms with Crippen molar-refractivity contribution in [1.29, 1.82) is 0 Å². The van der Waals surface area contributed by atoms with Gasteiger partial charge in [-0.3, -0.25) is 4.79 Å². The largest absolute Gasteiger partial charge is 0.464 e. The molecular weight excluding hydrogens is 444 g/mol. The Bertz CT molecular complexity index is 1030. The third-order valence-electron chi connectivity index (χ3n) is 5.34. The van der Waals surface area contributed by atoms with Gasteiger partial charge in [0, 0.05) is 11.6 Å². The number of para-hydroxylation sites is 1. The third kappa shape index (κ3) is 4.58. The number of halogens is 3. The molecule has 1 aliphatic heterocycles. The molecule has 0 fully saturated rings. The fraction of sp³-hybridized carbons (Fsp3) is 0.318. The number of amides is 2. The first-order valence-corrected chi connectivity index (χ1v) is 10.3. The van der Waals surface area contributed by atoms with Gasteiger partial charge in [0.25, 0.3) is 0 Å². The molecule has 1 unspecified atom stereocenters. The predicted molar refractivity (Wildman–Crippen MR) is 114 cm³/mol. The Labute approximate surface area is 188 Å². The van der Waals surface area contributed by atoms with Crippen LogP contribution in [0.25, 0.3) is 0 Å². The molecule has 7 nitrogen and oxygen atoms in total. The van der Waals surface area contributed by atoms with Gasteiger partial charge in [0.2, 0.25) is 5.91 Å². The van der Waals surface area contributed by atoms with E-state index >= 15 is 0 Å². The lowest BCUT2D eigenvalue weighted by atomic mass is 9.92. The summed E-state index contributed by atoms with van der Waals surface area (Å²) in [6.07, 6.45) is -0.578. The van der Waals surface area contributed by atoms with E-state index in [9.17, 15) is 28.3 Å². The molecule has 10 heteroatoms. The van der Waals surface area contributed by atoms with Crippen LogP contribution in [0.2, 0.25) is 5.02 Å². The van der Waals surface area contributed by atoms with Crippen LogP contribution in [-0.4, -0.2) is 46.0 Å². The fourth-order valence-electron chi connectivity index (χ4n) is 3.81. The molecule has 2 atom stereocenters. The molecule has 2 amide bonds. The number of carboxylic acid groups (broad SMARTS) is 1. The number of hydrazine groups is 1. The van der Waals surface area contributed by atoms with E-state index in [1.165, 1.54) is 5.01 Å². The van der Waals surface area contributed by atoms with Gasteiger partial charge in [-0.15, -0.1) is 0 Å². The summed E-state index contributed by atoms with van der Waals surface area (Å²) in [7, 11) is 0. The Morgan fingerprint density at radius 1 is 1.25 bits per heavy atom. The van der Waals surface area contributed by atoms with Gasteiger partial charge in [-0.25, -0.2) is 18.6 Å². The van der Waals surface area contributed by atoms with Gasteiger partial charge in [0.1, 0.15) is 35.7 Å². The standard InChI is InChI=1S/C22H22ClF2N3O4/c1-12(2)18(11-29)28(22(31)32)27-9-8-13-10-14(23)6-7-15(13)20(27)21(30)26-19-16(24)4-3-5-17(19)25/h3-7,10-12,18,20H,8-9H2,1-2H3,(H,26,30)(H,31,32)/t18-,20?/m1/s1. The molecule has 0 aliphatic carbocycles. The minimum absolute atomic E-state index is 0.0640. The average molecular weight is 466 g/mol. The summed E-state index contributed by atoms with van der Waals surface area (Å²) >= 11 is 6.07. The van der Waals surface area contributed by atoms with Crippen molar-refractivity contribution < 1.29 is 28.3 Å². The second kappa shape index (κ2) is 9.62. The number of nitrogens with one attached hydrogen (secondary N) is 1. The summed E-state index contributed by atoms with van der Waals surface area (Å²) in [4.78, 5) is 37.2. The molecule has 2 aromatic carbocycles. The summed E-state index contributed by atoms with van der Waals surface area (Å²) in [6.45, 7) is 3.42. The van der Waals surface area contributed by atoms with Gasteiger partial charge in [-0.05, 0) is 47.7 Å². The molecule has 2 N–H and O–H groups in total. The smallest absolute Gasteiger partial charge is 0.422 e. The molecular formula is C22H22ClF2N3O4. The van der Waals surface area contributed by atoms with Crippen LogP contribution in [0, 0.1) is 17.6 Å². The quantitative estimate of drug-likeness (QED) is 0.622. The molecule has 0 bridgehead atoms. The number of aldehydes is 1. The Morgan fingerprint density at radius 3 is 2.47 bits per heavy atom. The van der Waals surface area contributed by atoms with E-state index in [-0.39, 0.29) is 12.5 Å². The van der Waals surface area contributed by atoms with Crippen LogP contribution >= 0.6 is 11.6 Å². The van der Waals surface area contributed by atoms with Gasteiger partial charge in [-0.2, -0.15) is 5.01 Å². The predicted octanol–water partition coefficient (Wildman–Crippen LogP) is 4.27. The minimum Gasteiger partial charge on any atom is -0.464 e. The Kier molecular flexibility index (Phi) is 7.10. The number of benzene rings is 2.